The molecule has 5 nitrogen and oxygen atoms in total. The number of anilines is 1. The third kappa shape index (κ3) is 7.01. The Kier molecular flexibility index (Phi) is 9.45. The zero-order valence-electron chi connectivity index (χ0n) is 15.8. The Balaban J connectivity index is 1.86. The standard InChI is InChI=1S/C19H26Cl2N4OS/c1-3-5-6-7-8-9-17-23-24-19(25(17)4-2)27-13-18(26)22-16-11-10-14(20)12-15(16)21/h10-12H,3-9,13H2,1-2H3,(H,22,26). The molecular formula is C19H26Cl2N4OS. The molecule has 0 fully saturated rings. The number of carbonyl (C=O) groups is 1. The predicted octanol–water partition coefficient (Wildman–Crippen LogP) is 5.85. The maximum Gasteiger partial charge on any atom is 0.234 e. The van der Waals surface area contributed by atoms with E-state index in [2.05, 4.69) is 33.9 Å². The summed E-state index contributed by atoms with van der Waals surface area (Å²) in [6, 6.07) is 4.99. The molecule has 0 radical (unpaired) electrons. The zero-order chi connectivity index (χ0) is 19.6. The molecule has 0 bridgehead atoms. The largest absolute Gasteiger partial charge is 0.324 e. The summed E-state index contributed by atoms with van der Waals surface area (Å²) in [5.41, 5.74) is 0.552. The zero-order valence-corrected chi connectivity index (χ0v) is 18.1. The van der Waals surface area contributed by atoms with Crippen molar-refractivity contribution >= 4 is 46.6 Å². The first-order chi connectivity index (χ1) is 13.0. The highest BCUT2D eigenvalue weighted by atomic mass is 35.5. The van der Waals surface area contributed by atoms with Crippen LogP contribution in [0.4, 0.5) is 5.69 Å². The minimum Gasteiger partial charge on any atom is -0.324 e. The third-order valence-electron chi connectivity index (χ3n) is 4.15. The number of hydrogen-bond donors (Lipinski definition) is 1. The molecule has 1 aromatic carbocycles. The molecule has 0 spiro atoms. The van der Waals surface area contributed by atoms with Crippen LogP contribution in [0, 0.1) is 0 Å². The van der Waals surface area contributed by atoms with Gasteiger partial charge in [-0.15, -0.1) is 10.2 Å². The molecule has 0 atom stereocenters. The molecule has 8 heteroatoms. The molecule has 0 aliphatic heterocycles. The Morgan fingerprint density at radius 2 is 1.93 bits per heavy atom. The van der Waals surface area contributed by atoms with Crippen molar-refractivity contribution in [3.8, 4) is 0 Å². The van der Waals surface area contributed by atoms with Crippen LogP contribution in [0.2, 0.25) is 10.0 Å². The number of amides is 1. The Bertz CT molecular complexity index is 751. The van der Waals surface area contributed by atoms with Gasteiger partial charge in [0.1, 0.15) is 5.82 Å². The fraction of sp³-hybridized carbons (Fsp3) is 0.526. The van der Waals surface area contributed by atoms with Crippen molar-refractivity contribution in [1.82, 2.24) is 14.8 Å². The van der Waals surface area contributed by atoms with Gasteiger partial charge in [0.2, 0.25) is 5.91 Å². The smallest absolute Gasteiger partial charge is 0.234 e. The molecule has 0 saturated heterocycles. The normalized spacial score (nSPS) is 11.0. The van der Waals surface area contributed by atoms with E-state index >= 15 is 0 Å². The SMILES string of the molecule is CCCCCCCc1nnc(SCC(=O)Nc2ccc(Cl)cc2Cl)n1CC. The number of aromatic nitrogens is 3. The summed E-state index contributed by atoms with van der Waals surface area (Å²) in [5, 5.41) is 13.1. The van der Waals surface area contributed by atoms with Crippen LogP contribution >= 0.6 is 35.0 Å². The van der Waals surface area contributed by atoms with E-state index < -0.39 is 0 Å². The molecule has 148 valence electrons. The molecule has 0 saturated carbocycles. The number of hydrogen-bond acceptors (Lipinski definition) is 4. The van der Waals surface area contributed by atoms with E-state index in [0.29, 0.717) is 15.7 Å². The van der Waals surface area contributed by atoms with Crippen molar-refractivity contribution in [2.24, 2.45) is 0 Å². The summed E-state index contributed by atoms with van der Waals surface area (Å²) >= 11 is 13.3. The predicted molar refractivity (Wildman–Crippen MR) is 114 cm³/mol. The lowest BCUT2D eigenvalue weighted by molar-refractivity contribution is -0.113. The van der Waals surface area contributed by atoms with Crippen LogP contribution in [0.5, 0.6) is 0 Å². The van der Waals surface area contributed by atoms with Crippen LogP contribution in [0.3, 0.4) is 0 Å². The van der Waals surface area contributed by atoms with Crippen LogP contribution in [-0.2, 0) is 17.8 Å². The number of unbranched alkanes of at least 4 members (excludes halogenated alkanes) is 4. The molecule has 0 aliphatic rings. The molecule has 0 aliphatic carbocycles. The summed E-state index contributed by atoms with van der Waals surface area (Å²) in [6.07, 6.45) is 7.07. The van der Waals surface area contributed by atoms with Gasteiger partial charge in [0.15, 0.2) is 5.16 Å². The van der Waals surface area contributed by atoms with Gasteiger partial charge in [-0.05, 0) is 31.5 Å². The third-order valence-corrected chi connectivity index (χ3v) is 5.67. The van der Waals surface area contributed by atoms with Crippen LogP contribution in [-0.4, -0.2) is 26.4 Å². The van der Waals surface area contributed by atoms with Crippen LogP contribution < -0.4 is 5.32 Å². The molecule has 1 N–H and O–H groups in total. The monoisotopic (exact) mass is 428 g/mol. The summed E-state index contributed by atoms with van der Waals surface area (Å²) in [4.78, 5) is 12.2. The van der Waals surface area contributed by atoms with Crippen LogP contribution in [0.15, 0.2) is 23.4 Å². The molecular weight excluding hydrogens is 403 g/mol. The summed E-state index contributed by atoms with van der Waals surface area (Å²) < 4.78 is 2.09. The number of nitrogens with one attached hydrogen (secondary N) is 1. The second-order valence-corrected chi connectivity index (χ2v) is 8.05. The van der Waals surface area contributed by atoms with E-state index in [1.165, 1.54) is 37.4 Å². The van der Waals surface area contributed by atoms with E-state index in [4.69, 9.17) is 23.2 Å². The number of halogens is 2. The lowest BCUT2D eigenvalue weighted by atomic mass is 10.1. The Labute approximate surface area is 175 Å². The number of thioether (sulfide) groups is 1. The van der Waals surface area contributed by atoms with Gasteiger partial charge in [-0.2, -0.15) is 0 Å². The first-order valence-electron chi connectivity index (χ1n) is 9.34. The molecule has 27 heavy (non-hydrogen) atoms. The average Bonchev–Trinajstić information content (AvgIpc) is 3.04. The van der Waals surface area contributed by atoms with E-state index in [1.807, 2.05) is 0 Å². The number of rotatable bonds is 11. The molecule has 1 heterocycles. The van der Waals surface area contributed by atoms with Crippen LogP contribution in [0.25, 0.3) is 0 Å². The van der Waals surface area contributed by atoms with Gasteiger partial charge in [0, 0.05) is 18.0 Å². The van der Waals surface area contributed by atoms with Gasteiger partial charge < -0.3 is 9.88 Å². The minimum atomic E-state index is -0.143. The highest BCUT2D eigenvalue weighted by Crippen LogP contribution is 2.26. The second-order valence-electron chi connectivity index (χ2n) is 6.27. The first kappa shape index (κ1) is 22.1. The number of benzene rings is 1. The summed E-state index contributed by atoms with van der Waals surface area (Å²) in [5.74, 6) is 1.10. The first-order valence-corrected chi connectivity index (χ1v) is 11.1. The Hall–Kier alpha value is -1.24. The van der Waals surface area contributed by atoms with Gasteiger partial charge in [-0.1, -0.05) is 67.6 Å². The van der Waals surface area contributed by atoms with E-state index in [0.717, 1.165) is 30.4 Å². The summed E-state index contributed by atoms with van der Waals surface area (Å²) in [7, 11) is 0. The van der Waals surface area contributed by atoms with Gasteiger partial charge in [-0.25, -0.2) is 0 Å². The molecule has 1 amide bonds. The topological polar surface area (TPSA) is 59.8 Å². The van der Waals surface area contributed by atoms with E-state index in [1.54, 1.807) is 18.2 Å². The molecule has 2 rings (SSSR count). The van der Waals surface area contributed by atoms with Crippen molar-refractivity contribution < 1.29 is 4.79 Å². The number of aryl methyl sites for hydroxylation is 1. The number of nitrogens with zero attached hydrogens (tertiary/aromatic N) is 3. The quantitative estimate of drug-likeness (QED) is 0.360. The fourth-order valence-corrected chi connectivity index (χ4v) is 4.00. The Morgan fingerprint density at radius 1 is 1.15 bits per heavy atom. The van der Waals surface area contributed by atoms with E-state index in [-0.39, 0.29) is 11.7 Å². The highest BCUT2D eigenvalue weighted by molar-refractivity contribution is 7.99. The average molecular weight is 429 g/mol. The molecule has 1 aromatic heterocycles. The van der Waals surface area contributed by atoms with Crippen LogP contribution in [0.1, 0.15) is 51.8 Å². The lowest BCUT2D eigenvalue weighted by Crippen LogP contribution is -2.15. The van der Waals surface area contributed by atoms with Crippen molar-refractivity contribution in [3.05, 3.63) is 34.1 Å². The highest BCUT2D eigenvalue weighted by Gasteiger charge is 2.13. The van der Waals surface area contributed by atoms with Gasteiger partial charge in [0.25, 0.3) is 0 Å². The van der Waals surface area contributed by atoms with Crippen molar-refractivity contribution in [2.45, 2.75) is 64.1 Å². The lowest BCUT2D eigenvalue weighted by Gasteiger charge is -2.09. The fourth-order valence-electron chi connectivity index (χ4n) is 2.72. The summed E-state index contributed by atoms with van der Waals surface area (Å²) in [6.45, 7) is 5.08. The minimum absolute atomic E-state index is 0.143. The van der Waals surface area contributed by atoms with Crippen molar-refractivity contribution in [2.75, 3.05) is 11.1 Å². The van der Waals surface area contributed by atoms with Gasteiger partial charge >= 0.3 is 0 Å². The Morgan fingerprint density at radius 3 is 2.63 bits per heavy atom. The van der Waals surface area contributed by atoms with Gasteiger partial charge in [-0.3, -0.25) is 4.79 Å². The van der Waals surface area contributed by atoms with Gasteiger partial charge in [0.05, 0.1) is 16.5 Å². The maximum atomic E-state index is 12.2. The maximum absolute atomic E-state index is 12.2. The van der Waals surface area contributed by atoms with Crippen molar-refractivity contribution in [1.29, 1.82) is 0 Å². The number of carbonyl (C=O) groups excluding carboxylic acids is 1. The van der Waals surface area contributed by atoms with E-state index in [9.17, 15) is 4.79 Å². The molecule has 2 aromatic rings. The molecule has 0 unspecified atom stereocenters. The van der Waals surface area contributed by atoms with Crippen molar-refractivity contribution in [3.63, 3.8) is 0 Å². The second kappa shape index (κ2) is 11.6.